The fraction of sp³-hybridized carbons (Fsp3) is 0.333. The Bertz CT molecular complexity index is 1160. The maximum Gasteiger partial charge on any atom is 0.313 e. The van der Waals surface area contributed by atoms with E-state index in [1.807, 2.05) is 30.3 Å². The number of esters is 1. The van der Waals surface area contributed by atoms with Crippen molar-refractivity contribution >= 4 is 5.97 Å². The average molecular weight is 438 g/mol. The maximum atomic E-state index is 13.3. The number of ether oxygens (including phenoxy) is 3. The number of aliphatic hydroxyl groups is 1. The molecular weight excluding hydrogens is 412 g/mol. The second-order valence-corrected chi connectivity index (χ2v) is 8.17. The number of nitrogens with one attached hydrogen (secondary N) is 2. The third-order valence-corrected chi connectivity index (χ3v) is 5.99. The first kappa shape index (κ1) is 21.7. The zero-order valence-electron chi connectivity index (χ0n) is 18.2. The molecule has 32 heavy (non-hydrogen) atoms. The van der Waals surface area contributed by atoms with E-state index in [2.05, 4.69) is 10.2 Å². The fourth-order valence-electron chi connectivity index (χ4n) is 4.48. The largest absolute Gasteiger partial charge is 0.493 e. The van der Waals surface area contributed by atoms with E-state index in [0.717, 1.165) is 5.56 Å². The molecule has 8 nitrogen and oxygen atoms in total. The van der Waals surface area contributed by atoms with E-state index in [1.54, 1.807) is 25.1 Å². The number of hydrogen-bond acceptors (Lipinski definition) is 6. The van der Waals surface area contributed by atoms with Gasteiger partial charge in [-0.1, -0.05) is 36.4 Å². The van der Waals surface area contributed by atoms with E-state index in [9.17, 15) is 14.7 Å². The van der Waals surface area contributed by atoms with E-state index < -0.39 is 23.4 Å². The van der Waals surface area contributed by atoms with Gasteiger partial charge in [-0.3, -0.25) is 14.7 Å². The summed E-state index contributed by atoms with van der Waals surface area (Å²) in [6, 6.07) is 14.5. The summed E-state index contributed by atoms with van der Waals surface area (Å²) in [4.78, 5) is 26.0. The average Bonchev–Trinajstić information content (AvgIpc) is 3.15. The first-order chi connectivity index (χ1) is 15.4. The van der Waals surface area contributed by atoms with Crippen molar-refractivity contribution in [3.8, 4) is 11.5 Å². The highest BCUT2D eigenvalue weighted by Crippen LogP contribution is 2.46. The van der Waals surface area contributed by atoms with Crippen LogP contribution in [-0.4, -0.2) is 41.1 Å². The molecule has 1 aromatic heterocycles. The lowest BCUT2D eigenvalue weighted by molar-refractivity contribution is -0.161. The summed E-state index contributed by atoms with van der Waals surface area (Å²) in [6.07, 6.45) is 0.107. The first-order valence-corrected chi connectivity index (χ1v) is 10.3. The van der Waals surface area contributed by atoms with Gasteiger partial charge in [-0.25, -0.2) is 0 Å². The van der Waals surface area contributed by atoms with Crippen molar-refractivity contribution in [2.45, 2.75) is 31.5 Å². The quantitative estimate of drug-likeness (QED) is 0.510. The highest BCUT2D eigenvalue weighted by molar-refractivity contribution is 5.77. The van der Waals surface area contributed by atoms with Crippen molar-refractivity contribution in [1.82, 2.24) is 10.2 Å². The van der Waals surface area contributed by atoms with Crippen molar-refractivity contribution in [2.75, 3.05) is 14.2 Å². The molecule has 0 fully saturated rings. The molecule has 0 bridgehead atoms. The maximum absolute atomic E-state index is 13.3. The van der Waals surface area contributed by atoms with Gasteiger partial charge in [-0.2, -0.15) is 0 Å². The molecule has 3 aromatic rings. The molecule has 1 aliphatic rings. The van der Waals surface area contributed by atoms with E-state index in [0.29, 0.717) is 28.3 Å². The van der Waals surface area contributed by atoms with Crippen LogP contribution in [0.5, 0.6) is 11.5 Å². The molecule has 0 saturated heterocycles. The predicted molar refractivity (Wildman–Crippen MR) is 117 cm³/mol. The van der Waals surface area contributed by atoms with Gasteiger partial charge in [0.15, 0.2) is 11.5 Å². The Labute approximate surface area is 185 Å². The van der Waals surface area contributed by atoms with Crippen molar-refractivity contribution < 1.29 is 24.1 Å². The van der Waals surface area contributed by atoms with Crippen LogP contribution in [0.3, 0.4) is 0 Å². The molecule has 2 aromatic carbocycles. The molecular formula is C24H26N2O6. The number of carbonyl (C=O) groups is 1. The number of benzene rings is 2. The predicted octanol–water partition coefficient (Wildman–Crippen LogP) is 2.52. The molecule has 4 rings (SSSR count). The topological polar surface area (TPSA) is 114 Å². The van der Waals surface area contributed by atoms with Crippen LogP contribution >= 0.6 is 0 Å². The van der Waals surface area contributed by atoms with Gasteiger partial charge in [-0.05, 0) is 30.2 Å². The van der Waals surface area contributed by atoms with Crippen LogP contribution < -0.4 is 15.0 Å². The molecule has 3 atom stereocenters. The molecule has 1 aliphatic carbocycles. The Morgan fingerprint density at radius 2 is 1.81 bits per heavy atom. The van der Waals surface area contributed by atoms with Gasteiger partial charge in [0, 0.05) is 23.6 Å². The number of H-pyrrole nitrogens is 2. The molecule has 168 valence electrons. The van der Waals surface area contributed by atoms with Gasteiger partial charge >= 0.3 is 5.97 Å². The number of rotatable bonds is 6. The molecule has 3 N–H and O–H groups in total. The SMILES string of the molecule is COc1ccc(C2c3c([nH][nH]c3=O)CC(C)(O)C2C(=O)OCc2ccccc2)cc1OC. The number of fused-ring (bicyclic) bond motifs is 1. The monoisotopic (exact) mass is 438 g/mol. The second-order valence-electron chi connectivity index (χ2n) is 8.17. The smallest absolute Gasteiger partial charge is 0.313 e. The summed E-state index contributed by atoms with van der Waals surface area (Å²) in [6.45, 7) is 1.66. The van der Waals surface area contributed by atoms with Crippen LogP contribution in [-0.2, 0) is 22.6 Å². The molecule has 0 radical (unpaired) electrons. The number of aromatic amines is 2. The lowest BCUT2D eigenvalue weighted by Crippen LogP contribution is -2.50. The van der Waals surface area contributed by atoms with Crippen molar-refractivity contribution in [3.63, 3.8) is 0 Å². The summed E-state index contributed by atoms with van der Waals surface area (Å²) < 4.78 is 16.4. The van der Waals surface area contributed by atoms with Crippen LogP contribution in [0.1, 0.15) is 35.2 Å². The standard InChI is InChI=1S/C24H26N2O6/c1-24(29)12-16-20(22(27)26-25-16)19(15-9-10-17(30-2)18(11-15)31-3)21(24)23(28)32-13-14-7-5-4-6-8-14/h4-11,19,21,29H,12-13H2,1-3H3,(H2,25,26,27). The molecule has 0 saturated carbocycles. The van der Waals surface area contributed by atoms with Gasteiger partial charge in [0.2, 0.25) is 0 Å². The highest BCUT2D eigenvalue weighted by Gasteiger charge is 2.51. The zero-order valence-corrected chi connectivity index (χ0v) is 18.2. The number of methoxy groups -OCH3 is 2. The van der Waals surface area contributed by atoms with E-state index in [-0.39, 0.29) is 18.6 Å². The first-order valence-electron chi connectivity index (χ1n) is 10.3. The number of carbonyl (C=O) groups excluding carboxylic acids is 1. The summed E-state index contributed by atoms with van der Waals surface area (Å²) in [5.41, 5.74) is 0.646. The summed E-state index contributed by atoms with van der Waals surface area (Å²) in [7, 11) is 3.04. The van der Waals surface area contributed by atoms with Crippen molar-refractivity contribution in [2.24, 2.45) is 5.92 Å². The summed E-state index contributed by atoms with van der Waals surface area (Å²) in [5, 5.41) is 16.8. The van der Waals surface area contributed by atoms with Crippen LogP contribution in [0, 0.1) is 5.92 Å². The molecule has 0 spiro atoms. The second kappa shape index (κ2) is 8.55. The third kappa shape index (κ3) is 3.89. The van der Waals surface area contributed by atoms with E-state index in [1.165, 1.54) is 14.2 Å². The minimum atomic E-state index is -1.45. The lowest BCUT2D eigenvalue weighted by Gasteiger charge is -2.40. The van der Waals surface area contributed by atoms with Gasteiger partial charge < -0.3 is 24.4 Å². The Hall–Kier alpha value is -3.52. The van der Waals surface area contributed by atoms with Crippen LogP contribution in [0.25, 0.3) is 0 Å². The molecule has 3 unspecified atom stereocenters. The van der Waals surface area contributed by atoms with E-state index in [4.69, 9.17) is 14.2 Å². The Morgan fingerprint density at radius 3 is 2.50 bits per heavy atom. The van der Waals surface area contributed by atoms with Gasteiger partial charge in [0.25, 0.3) is 5.56 Å². The minimum Gasteiger partial charge on any atom is -0.493 e. The summed E-state index contributed by atoms with van der Waals surface area (Å²) >= 11 is 0. The van der Waals surface area contributed by atoms with Gasteiger partial charge in [0.05, 0.1) is 25.7 Å². The fourth-order valence-corrected chi connectivity index (χ4v) is 4.48. The zero-order chi connectivity index (χ0) is 22.9. The lowest BCUT2D eigenvalue weighted by atomic mass is 9.66. The molecule has 1 heterocycles. The molecule has 0 aliphatic heterocycles. The minimum absolute atomic E-state index is 0.0707. The number of aromatic nitrogens is 2. The van der Waals surface area contributed by atoms with Gasteiger partial charge in [-0.15, -0.1) is 0 Å². The van der Waals surface area contributed by atoms with Crippen LogP contribution in [0.4, 0.5) is 0 Å². The highest BCUT2D eigenvalue weighted by atomic mass is 16.5. The number of hydrogen-bond donors (Lipinski definition) is 3. The van der Waals surface area contributed by atoms with Crippen molar-refractivity contribution in [3.05, 3.63) is 81.3 Å². The third-order valence-electron chi connectivity index (χ3n) is 5.99. The normalized spacial score (nSPS) is 22.1. The Kier molecular flexibility index (Phi) is 5.80. The van der Waals surface area contributed by atoms with Crippen LogP contribution in [0.2, 0.25) is 0 Å². The van der Waals surface area contributed by atoms with Crippen molar-refractivity contribution in [1.29, 1.82) is 0 Å². The van der Waals surface area contributed by atoms with Crippen LogP contribution in [0.15, 0.2) is 53.3 Å². The Morgan fingerprint density at radius 1 is 1.09 bits per heavy atom. The van der Waals surface area contributed by atoms with E-state index >= 15 is 0 Å². The van der Waals surface area contributed by atoms with Gasteiger partial charge in [0.1, 0.15) is 6.61 Å². The molecule has 8 heteroatoms. The molecule has 0 amide bonds. The summed E-state index contributed by atoms with van der Waals surface area (Å²) in [5.74, 6) is -1.35. The Balaban J connectivity index is 1.78.